The van der Waals surface area contributed by atoms with Crippen molar-refractivity contribution in [1.29, 1.82) is 0 Å². The van der Waals surface area contributed by atoms with E-state index in [2.05, 4.69) is 34.0 Å². The Kier molecular flexibility index (Phi) is 6.16. The van der Waals surface area contributed by atoms with Crippen LogP contribution < -0.4 is 10.5 Å². The molecule has 2 aromatic rings. The van der Waals surface area contributed by atoms with Crippen LogP contribution in [-0.2, 0) is 17.8 Å². The van der Waals surface area contributed by atoms with Gasteiger partial charge in [-0.1, -0.05) is 0 Å². The molecule has 8 nitrogen and oxygen atoms in total. The summed E-state index contributed by atoms with van der Waals surface area (Å²) < 4.78 is 2.02. The van der Waals surface area contributed by atoms with Gasteiger partial charge in [0.05, 0.1) is 17.6 Å². The van der Waals surface area contributed by atoms with Crippen molar-refractivity contribution in [3.05, 3.63) is 39.6 Å². The number of likely N-dealkylation sites (N-methyl/N-ethyl adjacent to an activating group) is 1. The van der Waals surface area contributed by atoms with Crippen molar-refractivity contribution >= 4 is 11.6 Å². The zero-order valence-electron chi connectivity index (χ0n) is 17.2. The van der Waals surface area contributed by atoms with Crippen LogP contribution in [0.3, 0.4) is 0 Å². The van der Waals surface area contributed by atoms with E-state index in [0.717, 1.165) is 50.3 Å². The first-order chi connectivity index (χ1) is 13.4. The van der Waals surface area contributed by atoms with Gasteiger partial charge in [-0.3, -0.25) is 14.3 Å². The second-order valence-corrected chi connectivity index (χ2v) is 7.54. The van der Waals surface area contributed by atoms with Gasteiger partial charge >= 0.3 is 0 Å². The number of rotatable bonds is 6. The smallest absolute Gasteiger partial charge is 0.266 e. The molecule has 0 radical (unpaired) electrons. The number of piperidine rings is 1. The second-order valence-electron chi connectivity index (χ2n) is 7.54. The number of amides is 1. The molecule has 0 aromatic carbocycles. The number of nitrogens with zero attached hydrogens (tertiary/aromatic N) is 5. The van der Waals surface area contributed by atoms with Gasteiger partial charge in [-0.2, -0.15) is 10.2 Å². The standard InChI is InChI=1S/C20H30N6O2/c1-5-26-15(3)18(14(2)23-26)8-9-24(4)20(28)16-6-10-25(11-7-16)17-12-19(27)22-21-13-17/h12-13,16H,5-11H2,1-4H3,(H,22,27). The summed E-state index contributed by atoms with van der Waals surface area (Å²) in [7, 11) is 1.89. The van der Waals surface area contributed by atoms with Gasteiger partial charge in [0, 0.05) is 50.9 Å². The van der Waals surface area contributed by atoms with E-state index < -0.39 is 0 Å². The number of hydrogen-bond acceptors (Lipinski definition) is 5. The minimum absolute atomic E-state index is 0.0387. The molecule has 0 saturated carbocycles. The zero-order chi connectivity index (χ0) is 20.3. The summed E-state index contributed by atoms with van der Waals surface area (Å²) in [5.74, 6) is 0.249. The molecule has 1 aliphatic rings. The third kappa shape index (κ3) is 4.26. The van der Waals surface area contributed by atoms with Crippen LogP contribution in [0.15, 0.2) is 17.1 Å². The number of anilines is 1. The Morgan fingerprint density at radius 2 is 2.04 bits per heavy atom. The molecule has 1 N–H and O–H groups in total. The lowest BCUT2D eigenvalue weighted by Crippen LogP contribution is -2.42. The fourth-order valence-electron chi connectivity index (χ4n) is 4.03. The maximum atomic E-state index is 12.9. The van der Waals surface area contributed by atoms with Gasteiger partial charge in [-0.05, 0) is 45.6 Å². The van der Waals surface area contributed by atoms with E-state index in [-0.39, 0.29) is 17.4 Å². The number of aryl methyl sites for hydroxylation is 2. The van der Waals surface area contributed by atoms with Gasteiger partial charge in [0.1, 0.15) is 0 Å². The molecule has 1 saturated heterocycles. The number of nitrogens with one attached hydrogen (secondary N) is 1. The molecule has 1 fully saturated rings. The maximum absolute atomic E-state index is 12.9. The third-order valence-electron chi connectivity index (χ3n) is 5.76. The highest BCUT2D eigenvalue weighted by Gasteiger charge is 2.27. The molecule has 3 heterocycles. The summed E-state index contributed by atoms with van der Waals surface area (Å²) >= 11 is 0. The van der Waals surface area contributed by atoms with Crippen molar-refractivity contribution in [2.45, 2.75) is 46.6 Å². The normalized spacial score (nSPS) is 15.1. The molecular weight excluding hydrogens is 356 g/mol. The Bertz CT molecular complexity index is 879. The van der Waals surface area contributed by atoms with Crippen LogP contribution in [0.4, 0.5) is 5.69 Å². The summed E-state index contributed by atoms with van der Waals surface area (Å²) in [4.78, 5) is 28.3. The first-order valence-electron chi connectivity index (χ1n) is 9.98. The van der Waals surface area contributed by atoms with E-state index in [9.17, 15) is 9.59 Å². The summed E-state index contributed by atoms with van der Waals surface area (Å²) in [5.41, 5.74) is 4.12. The van der Waals surface area contributed by atoms with Crippen molar-refractivity contribution in [3.8, 4) is 0 Å². The van der Waals surface area contributed by atoms with Gasteiger partial charge < -0.3 is 9.80 Å². The quantitative estimate of drug-likeness (QED) is 0.813. The highest BCUT2D eigenvalue weighted by molar-refractivity contribution is 5.79. The van der Waals surface area contributed by atoms with Gasteiger partial charge in [0.2, 0.25) is 5.91 Å². The molecule has 0 spiro atoms. The largest absolute Gasteiger partial charge is 0.370 e. The summed E-state index contributed by atoms with van der Waals surface area (Å²) in [6, 6.07) is 1.56. The van der Waals surface area contributed by atoms with E-state index in [1.807, 2.05) is 23.6 Å². The lowest BCUT2D eigenvalue weighted by Gasteiger charge is -2.34. The number of hydrogen-bond donors (Lipinski definition) is 1. The monoisotopic (exact) mass is 386 g/mol. The third-order valence-corrected chi connectivity index (χ3v) is 5.76. The second kappa shape index (κ2) is 8.58. The van der Waals surface area contributed by atoms with Crippen LogP contribution >= 0.6 is 0 Å². The lowest BCUT2D eigenvalue weighted by atomic mass is 9.95. The molecule has 152 valence electrons. The molecular formula is C20H30N6O2. The Balaban J connectivity index is 1.53. The minimum Gasteiger partial charge on any atom is -0.370 e. The van der Waals surface area contributed by atoms with Crippen LogP contribution in [0.25, 0.3) is 0 Å². The predicted octanol–water partition coefficient (Wildman–Crippen LogP) is 1.52. The van der Waals surface area contributed by atoms with Gasteiger partial charge in [-0.15, -0.1) is 0 Å². The van der Waals surface area contributed by atoms with Crippen molar-refractivity contribution < 1.29 is 4.79 Å². The van der Waals surface area contributed by atoms with Crippen LogP contribution in [0.2, 0.25) is 0 Å². The highest BCUT2D eigenvalue weighted by atomic mass is 16.2. The average Bonchev–Trinajstić information content (AvgIpc) is 2.98. The van der Waals surface area contributed by atoms with Crippen LogP contribution in [-0.4, -0.2) is 57.5 Å². The predicted molar refractivity (Wildman–Crippen MR) is 109 cm³/mol. The van der Waals surface area contributed by atoms with E-state index in [1.165, 1.54) is 11.3 Å². The number of carbonyl (C=O) groups is 1. The van der Waals surface area contributed by atoms with Crippen LogP contribution in [0, 0.1) is 19.8 Å². The van der Waals surface area contributed by atoms with Gasteiger partial charge in [0.25, 0.3) is 5.56 Å². The fraction of sp³-hybridized carbons (Fsp3) is 0.600. The van der Waals surface area contributed by atoms with Crippen molar-refractivity contribution in [2.75, 3.05) is 31.6 Å². The molecule has 0 unspecified atom stereocenters. The van der Waals surface area contributed by atoms with E-state index in [4.69, 9.17) is 0 Å². The number of aromatic nitrogens is 4. The molecule has 2 aromatic heterocycles. The molecule has 1 aliphatic heterocycles. The summed E-state index contributed by atoms with van der Waals surface area (Å²) in [6.07, 6.45) is 4.08. The first kappa shape index (κ1) is 20.1. The Hall–Kier alpha value is -2.64. The maximum Gasteiger partial charge on any atom is 0.266 e. The molecule has 8 heteroatoms. The highest BCUT2D eigenvalue weighted by Crippen LogP contribution is 2.23. The SMILES string of the molecule is CCn1nc(C)c(CCN(C)C(=O)C2CCN(c3cn[nH]c(=O)c3)CC2)c1C. The zero-order valence-corrected chi connectivity index (χ0v) is 17.2. The minimum atomic E-state index is -0.201. The molecule has 0 bridgehead atoms. The van der Waals surface area contributed by atoms with Crippen molar-refractivity contribution in [2.24, 2.45) is 5.92 Å². The number of carbonyl (C=O) groups excluding carboxylic acids is 1. The summed E-state index contributed by atoms with van der Waals surface area (Å²) in [5, 5.41) is 10.8. The first-order valence-corrected chi connectivity index (χ1v) is 9.98. The molecule has 28 heavy (non-hydrogen) atoms. The van der Waals surface area contributed by atoms with E-state index in [0.29, 0.717) is 6.54 Å². The number of aromatic amines is 1. The van der Waals surface area contributed by atoms with Crippen molar-refractivity contribution in [1.82, 2.24) is 24.9 Å². The molecule has 3 rings (SSSR count). The van der Waals surface area contributed by atoms with Crippen molar-refractivity contribution in [3.63, 3.8) is 0 Å². The van der Waals surface area contributed by atoms with E-state index >= 15 is 0 Å². The Morgan fingerprint density at radius 3 is 2.64 bits per heavy atom. The average molecular weight is 387 g/mol. The molecule has 0 atom stereocenters. The fourth-order valence-corrected chi connectivity index (χ4v) is 4.03. The van der Waals surface area contributed by atoms with Gasteiger partial charge in [0.15, 0.2) is 0 Å². The summed E-state index contributed by atoms with van der Waals surface area (Å²) in [6.45, 7) is 9.31. The topological polar surface area (TPSA) is 87.1 Å². The van der Waals surface area contributed by atoms with Crippen LogP contribution in [0.1, 0.15) is 36.7 Å². The van der Waals surface area contributed by atoms with E-state index in [1.54, 1.807) is 12.3 Å². The number of H-pyrrole nitrogens is 1. The van der Waals surface area contributed by atoms with Crippen LogP contribution in [0.5, 0.6) is 0 Å². The molecule has 1 amide bonds. The van der Waals surface area contributed by atoms with Gasteiger partial charge in [-0.25, -0.2) is 5.10 Å². The Labute approximate surface area is 165 Å². The molecule has 0 aliphatic carbocycles. The lowest BCUT2D eigenvalue weighted by molar-refractivity contribution is -0.134. The Morgan fingerprint density at radius 1 is 1.32 bits per heavy atom.